The van der Waals surface area contributed by atoms with Gasteiger partial charge in [-0.1, -0.05) is 271 Å². The number of benzene rings is 7. The summed E-state index contributed by atoms with van der Waals surface area (Å²) in [6.07, 6.45) is 10.1. The van der Waals surface area contributed by atoms with E-state index in [9.17, 15) is 0 Å². The Labute approximate surface area is 344 Å². The van der Waals surface area contributed by atoms with Crippen molar-refractivity contribution in [3.05, 3.63) is 212 Å². The Balaban J connectivity index is 1.50. The summed E-state index contributed by atoms with van der Waals surface area (Å²) in [5, 5.41) is 8.42. The molecule has 0 fully saturated rings. The monoisotopic (exact) mass is 796 g/mol. The highest BCUT2D eigenvalue weighted by Gasteiger charge is 2.58. The normalized spacial score (nSPS) is 12.0. The average Bonchev–Trinajstić information content (AvgIpc) is 3.30. The minimum absolute atomic E-state index is 0.963. The molecule has 0 saturated carbocycles. The molecular weight excluding hydrogens is 741 g/mol. The molecule has 288 valence electrons. The van der Waals surface area contributed by atoms with E-state index >= 15 is 0 Å². The zero-order valence-corrected chi connectivity index (χ0v) is 36.4. The molecule has 7 aromatic rings. The van der Waals surface area contributed by atoms with Gasteiger partial charge in [0.15, 0.2) is 0 Å². The lowest BCUT2D eigenvalue weighted by Crippen LogP contribution is -2.81. The number of rotatable bonds is 20. The maximum atomic E-state index is 8.64. The molecule has 0 unspecified atom stereocenters. The van der Waals surface area contributed by atoms with Gasteiger partial charge in [0, 0.05) is 0 Å². The number of hydrogen-bond donors (Lipinski definition) is 0. The lowest BCUT2D eigenvalue weighted by Gasteiger charge is -2.47. The first-order valence-electron chi connectivity index (χ1n) is 21.0. The van der Waals surface area contributed by atoms with E-state index in [0.717, 1.165) is 22.8 Å². The van der Waals surface area contributed by atoms with Crippen molar-refractivity contribution in [2.45, 2.75) is 64.3 Å². The van der Waals surface area contributed by atoms with E-state index in [1.807, 2.05) is 0 Å². The Morgan fingerprint density at radius 1 is 0.298 bits per heavy atom. The van der Waals surface area contributed by atoms with Gasteiger partial charge in [0.2, 0.25) is 8.32 Å². The van der Waals surface area contributed by atoms with Crippen molar-refractivity contribution in [2.24, 2.45) is 0 Å². The fourth-order valence-corrected chi connectivity index (χ4v) is 25.0. The summed E-state index contributed by atoms with van der Waals surface area (Å²) < 4.78 is 17.3. The average molecular weight is 797 g/mol. The van der Waals surface area contributed by atoms with Gasteiger partial charge in [0.25, 0.3) is 8.32 Å². The Hall–Kier alpha value is -4.89. The predicted octanol–water partition coefficient (Wildman–Crippen LogP) is 8.84. The smallest absolute Gasteiger partial charge is 0.387 e. The van der Waals surface area contributed by atoms with Gasteiger partial charge in [-0.15, -0.1) is 0 Å². The summed E-state index contributed by atoms with van der Waals surface area (Å²) in [6, 6.07) is 78.3. The first kappa shape index (κ1) is 40.3. The molecule has 7 rings (SSSR count). The van der Waals surface area contributed by atoms with Crippen molar-refractivity contribution in [3.63, 3.8) is 0 Å². The Morgan fingerprint density at radius 3 is 0.912 bits per heavy atom. The van der Waals surface area contributed by atoms with Crippen LogP contribution in [-0.2, 0) is 8.23 Å². The molecule has 0 heterocycles. The van der Waals surface area contributed by atoms with Gasteiger partial charge in [0.1, 0.15) is 0 Å². The van der Waals surface area contributed by atoms with Crippen LogP contribution in [-0.4, -0.2) is 25.2 Å². The zero-order valence-electron chi connectivity index (χ0n) is 33.4. The summed E-state index contributed by atoms with van der Waals surface area (Å²) >= 11 is 0. The second kappa shape index (κ2) is 20.0. The summed E-state index contributed by atoms with van der Waals surface area (Å²) in [6.45, 7) is 2.29. The van der Waals surface area contributed by atoms with Crippen molar-refractivity contribution >= 4 is 61.5 Å². The lowest BCUT2D eigenvalue weighted by atomic mass is 10.1. The van der Waals surface area contributed by atoms with E-state index in [1.165, 1.54) is 70.9 Å². The second-order valence-electron chi connectivity index (χ2n) is 15.1. The zero-order chi connectivity index (χ0) is 39.1. The third-order valence-electron chi connectivity index (χ3n) is 11.3. The van der Waals surface area contributed by atoms with Gasteiger partial charge in [-0.2, -0.15) is 0 Å². The van der Waals surface area contributed by atoms with Gasteiger partial charge in [-0.05, 0) is 42.4 Å². The van der Waals surface area contributed by atoms with Crippen LogP contribution in [0.3, 0.4) is 0 Å². The number of hydrogen-bond acceptors (Lipinski definition) is 2. The molecule has 0 bridgehead atoms. The van der Waals surface area contributed by atoms with Crippen LogP contribution in [0.1, 0.15) is 58.3 Å². The second-order valence-corrected chi connectivity index (χ2v) is 25.5. The molecule has 0 aliphatic carbocycles. The van der Waals surface area contributed by atoms with Gasteiger partial charge >= 0.3 is 8.56 Å². The molecular formula is C52H56O2Si3. The van der Waals surface area contributed by atoms with Crippen LogP contribution in [0, 0.1) is 0 Å². The molecule has 0 saturated heterocycles. The minimum atomic E-state index is -3.70. The van der Waals surface area contributed by atoms with Gasteiger partial charge in [-0.3, -0.25) is 0 Å². The molecule has 0 aliphatic rings. The molecule has 0 atom stereocenters. The van der Waals surface area contributed by atoms with Crippen molar-refractivity contribution in [3.8, 4) is 0 Å². The van der Waals surface area contributed by atoms with Gasteiger partial charge in [0.05, 0.1) is 0 Å². The molecule has 0 aromatic heterocycles. The Kier molecular flexibility index (Phi) is 14.1. The third-order valence-corrected chi connectivity index (χ3v) is 25.5. The van der Waals surface area contributed by atoms with Crippen LogP contribution in [0.2, 0.25) is 6.04 Å². The van der Waals surface area contributed by atoms with Crippen LogP contribution in [0.25, 0.3) is 0 Å². The molecule has 0 radical (unpaired) electrons. The van der Waals surface area contributed by atoms with Crippen LogP contribution in [0.4, 0.5) is 0 Å². The largest absolute Gasteiger partial charge is 0.422 e. The van der Waals surface area contributed by atoms with Crippen molar-refractivity contribution < 1.29 is 8.23 Å². The standard InChI is InChI=1S/C52H56O2Si3/c1-2-3-4-5-6-7-8-30-45-55(46-31-16-9-17-32-46,47-33-18-10-19-34-47)53-57(51-41-26-14-27-42-51,52-43-28-15-29-44-52)54-56(48-35-20-11-21-36-48,49-37-22-12-23-38-49)50-39-24-13-25-40-50/h9-29,31-44H,2-8,30,45H2,1H3. The fraction of sp³-hybridized carbons (Fsp3) is 0.192. The summed E-state index contributed by atoms with van der Waals surface area (Å²) in [4.78, 5) is 0. The fourth-order valence-electron chi connectivity index (χ4n) is 8.44. The van der Waals surface area contributed by atoms with E-state index in [-0.39, 0.29) is 0 Å². The Morgan fingerprint density at radius 2 is 0.579 bits per heavy atom. The maximum Gasteiger partial charge on any atom is 0.387 e. The first-order valence-corrected chi connectivity index (χ1v) is 26.8. The SMILES string of the molecule is CCCCCCCCCC[Si](O[Si](O[Si](c1ccccc1)(c1ccccc1)c1ccccc1)(c1ccccc1)c1ccccc1)(c1ccccc1)c1ccccc1. The van der Waals surface area contributed by atoms with Crippen molar-refractivity contribution in [2.75, 3.05) is 0 Å². The summed E-state index contributed by atoms with van der Waals surface area (Å²) in [5.41, 5.74) is 0. The third kappa shape index (κ3) is 9.14. The Bertz CT molecular complexity index is 1990. The quantitative estimate of drug-likeness (QED) is 0.0437. The minimum Gasteiger partial charge on any atom is -0.422 e. The summed E-state index contributed by atoms with van der Waals surface area (Å²) in [5.74, 6) is 0. The van der Waals surface area contributed by atoms with Gasteiger partial charge < -0.3 is 8.23 Å². The van der Waals surface area contributed by atoms with E-state index in [2.05, 4.69) is 219 Å². The number of unbranched alkanes of at least 4 members (excludes halogenated alkanes) is 7. The summed E-state index contributed by atoms with van der Waals surface area (Å²) in [7, 11) is -10.1. The lowest BCUT2D eigenvalue weighted by molar-refractivity contribution is 0.422. The van der Waals surface area contributed by atoms with E-state index in [4.69, 9.17) is 8.23 Å². The molecule has 7 aromatic carbocycles. The first-order chi connectivity index (χ1) is 28.2. The molecule has 0 spiro atoms. The van der Waals surface area contributed by atoms with Crippen LogP contribution >= 0.6 is 0 Å². The van der Waals surface area contributed by atoms with Crippen LogP contribution in [0.5, 0.6) is 0 Å². The highest BCUT2D eigenvalue weighted by molar-refractivity contribution is 7.15. The van der Waals surface area contributed by atoms with Crippen LogP contribution < -0.4 is 36.3 Å². The maximum absolute atomic E-state index is 8.64. The molecule has 5 heteroatoms. The molecule has 0 N–H and O–H groups in total. The van der Waals surface area contributed by atoms with Crippen LogP contribution in [0.15, 0.2) is 212 Å². The topological polar surface area (TPSA) is 18.5 Å². The van der Waals surface area contributed by atoms with Crippen molar-refractivity contribution in [1.82, 2.24) is 0 Å². The van der Waals surface area contributed by atoms with E-state index in [1.54, 1.807) is 0 Å². The molecule has 2 nitrogen and oxygen atoms in total. The van der Waals surface area contributed by atoms with Crippen molar-refractivity contribution in [1.29, 1.82) is 0 Å². The predicted molar refractivity (Wildman–Crippen MR) is 249 cm³/mol. The van der Waals surface area contributed by atoms with Gasteiger partial charge in [-0.25, -0.2) is 0 Å². The van der Waals surface area contributed by atoms with E-state index < -0.39 is 25.2 Å². The molecule has 0 aliphatic heterocycles. The molecule has 57 heavy (non-hydrogen) atoms. The highest BCUT2D eigenvalue weighted by Crippen LogP contribution is 2.27. The van der Waals surface area contributed by atoms with E-state index in [0.29, 0.717) is 0 Å². The highest BCUT2D eigenvalue weighted by atomic mass is 28.5. The molecule has 0 amide bonds.